The molecule has 1 atom stereocenters. The number of hydrogen-bond donors (Lipinski definition) is 1. The molecular weight excluding hydrogens is 312 g/mol. The van der Waals surface area contributed by atoms with Crippen LogP contribution in [0.1, 0.15) is 6.92 Å². The zero-order valence-electron chi connectivity index (χ0n) is 13.0. The summed E-state index contributed by atoms with van der Waals surface area (Å²) in [6, 6.07) is 16.1. The molecule has 5 nitrogen and oxygen atoms in total. The zero-order chi connectivity index (χ0) is 16.3. The number of rotatable bonds is 4. The maximum atomic E-state index is 12.3. The van der Waals surface area contributed by atoms with Crippen molar-refractivity contribution in [1.82, 2.24) is 0 Å². The SMILES string of the molecule is CC1COCCN1c1ccc(NS(=O)(=O)c2ccccc2)cc1. The molecule has 2 aromatic carbocycles. The van der Waals surface area contributed by atoms with Gasteiger partial charge in [-0.15, -0.1) is 0 Å². The van der Waals surface area contributed by atoms with Gasteiger partial charge in [0.05, 0.1) is 18.1 Å². The first-order chi connectivity index (χ1) is 11.1. The van der Waals surface area contributed by atoms with Crippen molar-refractivity contribution >= 4 is 21.4 Å². The molecule has 1 unspecified atom stereocenters. The first-order valence-corrected chi connectivity index (χ1v) is 9.07. The molecule has 1 heterocycles. The minimum atomic E-state index is -3.55. The van der Waals surface area contributed by atoms with Crippen LogP contribution in [0.2, 0.25) is 0 Å². The number of anilines is 2. The molecule has 0 aliphatic carbocycles. The Morgan fingerprint density at radius 2 is 1.78 bits per heavy atom. The molecule has 3 rings (SSSR count). The van der Waals surface area contributed by atoms with Crippen LogP contribution in [0.5, 0.6) is 0 Å². The average molecular weight is 332 g/mol. The van der Waals surface area contributed by atoms with Gasteiger partial charge in [0.1, 0.15) is 0 Å². The van der Waals surface area contributed by atoms with E-state index in [0.29, 0.717) is 24.9 Å². The van der Waals surface area contributed by atoms with Crippen molar-refractivity contribution in [3.63, 3.8) is 0 Å². The maximum Gasteiger partial charge on any atom is 0.261 e. The van der Waals surface area contributed by atoms with Gasteiger partial charge in [-0.2, -0.15) is 0 Å². The molecule has 0 aromatic heterocycles. The molecule has 2 aromatic rings. The van der Waals surface area contributed by atoms with Crippen LogP contribution >= 0.6 is 0 Å². The summed E-state index contributed by atoms with van der Waals surface area (Å²) >= 11 is 0. The van der Waals surface area contributed by atoms with Crippen molar-refractivity contribution in [3.05, 3.63) is 54.6 Å². The largest absolute Gasteiger partial charge is 0.377 e. The topological polar surface area (TPSA) is 58.6 Å². The van der Waals surface area contributed by atoms with E-state index in [1.54, 1.807) is 42.5 Å². The second-order valence-electron chi connectivity index (χ2n) is 5.58. The molecule has 6 heteroatoms. The highest BCUT2D eigenvalue weighted by molar-refractivity contribution is 7.92. The van der Waals surface area contributed by atoms with Crippen LogP contribution in [0.4, 0.5) is 11.4 Å². The lowest BCUT2D eigenvalue weighted by Crippen LogP contribution is -2.43. The molecule has 23 heavy (non-hydrogen) atoms. The summed E-state index contributed by atoms with van der Waals surface area (Å²) in [5, 5.41) is 0. The molecule has 0 saturated carbocycles. The molecule has 1 fully saturated rings. The van der Waals surface area contributed by atoms with Gasteiger partial charge in [-0.05, 0) is 43.3 Å². The fraction of sp³-hybridized carbons (Fsp3) is 0.294. The van der Waals surface area contributed by atoms with Gasteiger partial charge in [0.25, 0.3) is 10.0 Å². The lowest BCUT2D eigenvalue weighted by Gasteiger charge is -2.35. The van der Waals surface area contributed by atoms with Gasteiger partial charge in [0, 0.05) is 24.0 Å². The Balaban J connectivity index is 1.75. The van der Waals surface area contributed by atoms with Gasteiger partial charge in [-0.25, -0.2) is 8.42 Å². The number of nitrogens with zero attached hydrogens (tertiary/aromatic N) is 1. The number of hydrogen-bond acceptors (Lipinski definition) is 4. The molecule has 0 radical (unpaired) electrons. The number of sulfonamides is 1. The Kier molecular flexibility index (Phi) is 4.54. The first-order valence-electron chi connectivity index (χ1n) is 7.58. The van der Waals surface area contributed by atoms with Crippen LogP contribution in [-0.2, 0) is 14.8 Å². The normalized spacial score (nSPS) is 18.7. The summed E-state index contributed by atoms with van der Waals surface area (Å²) in [4.78, 5) is 2.52. The molecule has 1 aliphatic rings. The third-order valence-electron chi connectivity index (χ3n) is 3.87. The smallest absolute Gasteiger partial charge is 0.261 e. The monoisotopic (exact) mass is 332 g/mol. The van der Waals surface area contributed by atoms with Gasteiger partial charge in [0.15, 0.2) is 0 Å². The predicted molar refractivity (Wildman–Crippen MR) is 91.3 cm³/mol. The van der Waals surface area contributed by atoms with Crippen molar-refractivity contribution in [2.24, 2.45) is 0 Å². The summed E-state index contributed by atoms with van der Waals surface area (Å²) in [5.41, 5.74) is 1.63. The summed E-state index contributed by atoms with van der Waals surface area (Å²) in [6.07, 6.45) is 0. The molecule has 1 N–H and O–H groups in total. The summed E-state index contributed by atoms with van der Waals surface area (Å²) in [5.74, 6) is 0. The predicted octanol–water partition coefficient (Wildman–Crippen LogP) is 2.71. The van der Waals surface area contributed by atoms with Gasteiger partial charge in [-0.3, -0.25) is 4.72 Å². The summed E-state index contributed by atoms with van der Waals surface area (Å²) in [6.45, 7) is 4.39. The summed E-state index contributed by atoms with van der Waals surface area (Å²) in [7, 11) is -3.55. The van der Waals surface area contributed by atoms with Crippen LogP contribution in [0.25, 0.3) is 0 Å². The third-order valence-corrected chi connectivity index (χ3v) is 5.27. The van der Waals surface area contributed by atoms with Gasteiger partial charge in [-0.1, -0.05) is 18.2 Å². The van der Waals surface area contributed by atoms with E-state index < -0.39 is 10.0 Å². The van der Waals surface area contributed by atoms with Crippen molar-refractivity contribution in [2.75, 3.05) is 29.4 Å². The van der Waals surface area contributed by atoms with Crippen LogP contribution in [-0.4, -0.2) is 34.2 Å². The van der Waals surface area contributed by atoms with Crippen molar-refractivity contribution < 1.29 is 13.2 Å². The Bertz CT molecular complexity index is 745. The molecule has 122 valence electrons. The average Bonchev–Trinajstić information content (AvgIpc) is 2.57. The first kappa shape index (κ1) is 15.8. The van der Waals surface area contributed by atoms with E-state index in [1.807, 2.05) is 12.1 Å². The van der Waals surface area contributed by atoms with Crippen molar-refractivity contribution in [3.8, 4) is 0 Å². The second kappa shape index (κ2) is 6.60. The van der Waals surface area contributed by atoms with E-state index in [1.165, 1.54) is 0 Å². The van der Waals surface area contributed by atoms with Crippen LogP contribution in [0.15, 0.2) is 59.5 Å². The Morgan fingerprint density at radius 1 is 1.09 bits per heavy atom. The molecule has 0 amide bonds. The van der Waals surface area contributed by atoms with Crippen molar-refractivity contribution in [1.29, 1.82) is 0 Å². The van der Waals surface area contributed by atoms with Crippen LogP contribution in [0.3, 0.4) is 0 Å². The van der Waals surface area contributed by atoms with Gasteiger partial charge < -0.3 is 9.64 Å². The van der Waals surface area contributed by atoms with E-state index in [9.17, 15) is 8.42 Å². The van der Waals surface area contributed by atoms with Crippen LogP contribution in [0, 0.1) is 0 Å². The van der Waals surface area contributed by atoms with Gasteiger partial charge >= 0.3 is 0 Å². The lowest BCUT2D eigenvalue weighted by molar-refractivity contribution is 0.0989. The van der Waals surface area contributed by atoms with Crippen molar-refractivity contribution in [2.45, 2.75) is 17.9 Å². The minimum absolute atomic E-state index is 0.255. The molecule has 0 bridgehead atoms. The van der Waals surface area contributed by atoms with E-state index in [2.05, 4.69) is 16.5 Å². The van der Waals surface area contributed by atoms with Crippen LogP contribution < -0.4 is 9.62 Å². The summed E-state index contributed by atoms with van der Waals surface area (Å²) < 4.78 is 32.6. The third kappa shape index (κ3) is 3.65. The Hall–Kier alpha value is -2.05. The fourth-order valence-corrected chi connectivity index (χ4v) is 3.73. The molecule has 0 spiro atoms. The maximum absolute atomic E-state index is 12.3. The Morgan fingerprint density at radius 3 is 2.43 bits per heavy atom. The highest BCUT2D eigenvalue weighted by atomic mass is 32.2. The number of morpholine rings is 1. The number of ether oxygens (including phenoxy) is 1. The number of benzene rings is 2. The highest BCUT2D eigenvalue weighted by Crippen LogP contribution is 2.23. The van der Waals surface area contributed by atoms with E-state index >= 15 is 0 Å². The van der Waals surface area contributed by atoms with E-state index in [-0.39, 0.29) is 4.90 Å². The molecule has 1 aliphatic heterocycles. The number of nitrogens with one attached hydrogen (secondary N) is 1. The highest BCUT2D eigenvalue weighted by Gasteiger charge is 2.19. The fourth-order valence-electron chi connectivity index (χ4n) is 2.65. The molecule has 1 saturated heterocycles. The molecular formula is C17H20N2O3S. The zero-order valence-corrected chi connectivity index (χ0v) is 13.8. The quantitative estimate of drug-likeness (QED) is 0.935. The standard InChI is InChI=1S/C17H20N2O3S/c1-14-13-22-12-11-19(14)16-9-7-15(8-10-16)18-23(20,21)17-5-3-2-4-6-17/h2-10,14,18H,11-13H2,1H3. The van der Waals surface area contributed by atoms with E-state index in [4.69, 9.17) is 4.74 Å². The lowest BCUT2D eigenvalue weighted by atomic mass is 10.2. The van der Waals surface area contributed by atoms with E-state index in [0.717, 1.165) is 12.2 Å². The van der Waals surface area contributed by atoms with Gasteiger partial charge in [0.2, 0.25) is 0 Å². The minimum Gasteiger partial charge on any atom is -0.377 e. The second-order valence-corrected chi connectivity index (χ2v) is 7.27. The Labute approximate surface area is 136 Å².